The minimum absolute atomic E-state index is 0.0583. The van der Waals surface area contributed by atoms with Crippen LogP contribution in [0.25, 0.3) is 10.8 Å². The SMILES string of the molecule is O=C(COc1ccc2ccccc2c1Br)Nc1ccc(OC2CCCC2)cc1. The quantitative estimate of drug-likeness (QED) is 0.516. The molecule has 1 saturated carbocycles. The molecule has 0 heterocycles. The molecule has 28 heavy (non-hydrogen) atoms. The maximum Gasteiger partial charge on any atom is 0.262 e. The molecule has 5 heteroatoms. The normalized spacial score (nSPS) is 14.2. The van der Waals surface area contributed by atoms with Gasteiger partial charge in [-0.3, -0.25) is 4.79 Å². The van der Waals surface area contributed by atoms with Gasteiger partial charge in [0.1, 0.15) is 11.5 Å². The van der Waals surface area contributed by atoms with Crippen molar-refractivity contribution >= 4 is 38.3 Å². The molecular weight excluding hydrogens is 418 g/mol. The predicted octanol–water partition coefficient (Wildman–Crippen LogP) is 5.94. The number of halogens is 1. The van der Waals surface area contributed by atoms with Crippen molar-refractivity contribution in [3.8, 4) is 11.5 Å². The number of carbonyl (C=O) groups is 1. The van der Waals surface area contributed by atoms with Gasteiger partial charge in [-0.15, -0.1) is 0 Å². The number of anilines is 1. The van der Waals surface area contributed by atoms with Gasteiger partial charge in [0.05, 0.1) is 10.6 Å². The fourth-order valence-corrected chi connectivity index (χ4v) is 4.09. The zero-order chi connectivity index (χ0) is 19.3. The van der Waals surface area contributed by atoms with Gasteiger partial charge >= 0.3 is 0 Å². The monoisotopic (exact) mass is 439 g/mol. The minimum atomic E-state index is -0.204. The fraction of sp³-hybridized carbons (Fsp3) is 0.261. The molecule has 144 valence electrons. The maximum atomic E-state index is 12.2. The molecular formula is C23H22BrNO3. The van der Waals surface area contributed by atoms with E-state index in [1.165, 1.54) is 12.8 Å². The van der Waals surface area contributed by atoms with Crippen molar-refractivity contribution < 1.29 is 14.3 Å². The Morgan fingerprint density at radius 2 is 1.75 bits per heavy atom. The van der Waals surface area contributed by atoms with Crippen molar-refractivity contribution in [1.29, 1.82) is 0 Å². The molecule has 1 fully saturated rings. The number of fused-ring (bicyclic) bond motifs is 1. The zero-order valence-electron chi connectivity index (χ0n) is 15.5. The number of ether oxygens (including phenoxy) is 2. The Balaban J connectivity index is 1.32. The lowest BCUT2D eigenvalue weighted by molar-refractivity contribution is -0.118. The van der Waals surface area contributed by atoms with Gasteiger partial charge in [0, 0.05) is 5.69 Å². The second-order valence-corrected chi connectivity index (χ2v) is 7.78. The first-order valence-electron chi connectivity index (χ1n) is 9.56. The first kappa shape index (κ1) is 18.8. The Kier molecular flexibility index (Phi) is 5.81. The summed E-state index contributed by atoms with van der Waals surface area (Å²) in [6.45, 7) is -0.0583. The lowest BCUT2D eigenvalue weighted by atomic mass is 10.1. The topological polar surface area (TPSA) is 47.6 Å². The Morgan fingerprint density at radius 1 is 1.00 bits per heavy atom. The van der Waals surface area contributed by atoms with E-state index < -0.39 is 0 Å². The van der Waals surface area contributed by atoms with Crippen LogP contribution in [-0.4, -0.2) is 18.6 Å². The van der Waals surface area contributed by atoms with Crippen LogP contribution < -0.4 is 14.8 Å². The highest BCUT2D eigenvalue weighted by Gasteiger charge is 2.16. The highest BCUT2D eigenvalue weighted by atomic mass is 79.9. The molecule has 0 spiro atoms. The largest absolute Gasteiger partial charge is 0.490 e. The molecule has 4 nitrogen and oxygen atoms in total. The van der Waals surface area contributed by atoms with E-state index in [1.807, 2.05) is 60.7 Å². The van der Waals surface area contributed by atoms with Crippen LogP contribution in [0.3, 0.4) is 0 Å². The van der Waals surface area contributed by atoms with Gasteiger partial charge in [-0.2, -0.15) is 0 Å². The summed E-state index contributed by atoms with van der Waals surface area (Å²) >= 11 is 3.57. The molecule has 4 rings (SSSR count). The van der Waals surface area contributed by atoms with E-state index in [4.69, 9.17) is 9.47 Å². The number of hydrogen-bond acceptors (Lipinski definition) is 3. The van der Waals surface area contributed by atoms with Crippen LogP contribution in [0, 0.1) is 0 Å². The van der Waals surface area contributed by atoms with Gasteiger partial charge in [0.25, 0.3) is 5.91 Å². The molecule has 0 radical (unpaired) electrons. The summed E-state index contributed by atoms with van der Waals surface area (Å²) in [6, 6.07) is 19.4. The number of benzene rings is 3. The summed E-state index contributed by atoms with van der Waals surface area (Å²) in [7, 11) is 0. The lowest BCUT2D eigenvalue weighted by Gasteiger charge is -2.14. The first-order chi connectivity index (χ1) is 13.7. The van der Waals surface area contributed by atoms with Crippen LogP contribution in [0.5, 0.6) is 11.5 Å². The van der Waals surface area contributed by atoms with Crippen molar-refractivity contribution in [3.05, 3.63) is 65.1 Å². The van der Waals surface area contributed by atoms with Crippen molar-refractivity contribution in [3.63, 3.8) is 0 Å². The first-order valence-corrected chi connectivity index (χ1v) is 10.3. The van der Waals surface area contributed by atoms with Crippen molar-refractivity contribution in [2.24, 2.45) is 0 Å². The number of hydrogen-bond donors (Lipinski definition) is 1. The van der Waals surface area contributed by atoms with Crippen molar-refractivity contribution in [2.75, 3.05) is 11.9 Å². The Labute approximate surface area is 173 Å². The molecule has 0 aromatic heterocycles. The average molecular weight is 440 g/mol. The third kappa shape index (κ3) is 4.47. The number of rotatable bonds is 6. The second kappa shape index (κ2) is 8.65. The van der Waals surface area contributed by atoms with E-state index in [-0.39, 0.29) is 12.5 Å². The zero-order valence-corrected chi connectivity index (χ0v) is 17.1. The third-order valence-electron chi connectivity index (χ3n) is 4.93. The molecule has 0 aliphatic heterocycles. The van der Waals surface area contributed by atoms with E-state index in [1.54, 1.807) is 0 Å². The highest BCUT2D eigenvalue weighted by molar-refractivity contribution is 9.10. The maximum absolute atomic E-state index is 12.2. The predicted molar refractivity (Wildman–Crippen MR) is 115 cm³/mol. The summed E-state index contributed by atoms with van der Waals surface area (Å²) in [4.78, 5) is 12.2. The van der Waals surface area contributed by atoms with E-state index in [9.17, 15) is 4.79 Å². The van der Waals surface area contributed by atoms with Gasteiger partial charge in [0.2, 0.25) is 0 Å². The number of amides is 1. The Bertz CT molecular complexity index is 965. The van der Waals surface area contributed by atoms with Crippen LogP contribution in [0.4, 0.5) is 5.69 Å². The molecule has 1 aliphatic carbocycles. The molecule has 0 atom stereocenters. The van der Waals surface area contributed by atoms with Crippen molar-refractivity contribution in [2.45, 2.75) is 31.8 Å². The van der Waals surface area contributed by atoms with Crippen LogP contribution in [0.15, 0.2) is 65.1 Å². The summed E-state index contributed by atoms with van der Waals surface area (Å²) in [5.74, 6) is 1.29. The molecule has 1 amide bonds. The molecule has 3 aromatic carbocycles. The third-order valence-corrected chi connectivity index (χ3v) is 5.75. The van der Waals surface area contributed by atoms with E-state index in [0.29, 0.717) is 11.9 Å². The summed E-state index contributed by atoms with van der Waals surface area (Å²) in [5.41, 5.74) is 0.727. The van der Waals surface area contributed by atoms with Crippen LogP contribution >= 0.6 is 15.9 Å². The van der Waals surface area contributed by atoms with E-state index in [2.05, 4.69) is 21.2 Å². The minimum Gasteiger partial charge on any atom is -0.490 e. The molecule has 3 aromatic rings. The van der Waals surface area contributed by atoms with Gasteiger partial charge in [0.15, 0.2) is 6.61 Å². The highest BCUT2D eigenvalue weighted by Crippen LogP contribution is 2.33. The van der Waals surface area contributed by atoms with Gasteiger partial charge < -0.3 is 14.8 Å². The second-order valence-electron chi connectivity index (χ2n) is 6.98. The molecule has 0 unspecified atom stereocenters. The lowest BCUT2D eigenvalue weighted by Crippen LogP contribution is -2.20. The van der Waals surface area contributed by atoms with Gasteiger partial charge in [-0.05, 0) is 82.7 Å². The van der Waals surface area contributed by atoms with Crippen molar-refractivity contribution in [1.82, 2.24) is 0 Å². The summed E-state index contributed by atoms with van der Waals surface area (Å²) in [5, 5.41) is 5.03. The molecule has 1 aliphatic rings. The molecule has 1 N–H and O–H groups in total. The fourth-order valence-electron chi connectivity index (χ4n) is 3.48. The Morgan fingerprint density at radius 3 is 2.54 bits per heavy atom. The smallest absolute Gasteiger partial charge is 0.262 e. The van der Waals surface area contributed by atoms with E-state index in [0.717, 1.165) is 39.5 Å². The van der Waals surface area contributed by atoms with Gasteiger partial charge in [-0.25, -0.2) is 0 Å². The number of nitrogens with one attached hydrogen (secondary N) is 1. The molecule has 0 saturated heterocycles. The standard InChI is InChI=1S/C23H22BrNO3/c24-23-20-8-4-1-5-16(20)9-14-21(23)27-15-22(26)25-17-10-12-19(13-11-17)28-18-6-2-3-7-18/h1,4-5,8-14,18H,2-3,6-7,15H2,(H,25,26). The van der Waals surface area contributed by atoms with E-state index >= 15 is 0 Å². The summed E-state index contributed by atoms with van der Waals surface area (Å²) in [6.07, 6.45) is 5.06. The average Bonchev–Trinajstić information content (AvgIpc) is 3.22. The van der Waals surface area contributed by atoms with Crippen LogP contribution in [0.1, 0.15) is 25.7 Å². The van der Waals surface area contributed by atoms with Crippen LogP contribution in [0.2, 0.25) is 0 Å². The number of carbonyl (C=O) groups excluding carboxylic acids is 1. The van der Waals surface area contributed by atoms with Crippen LogP contribution in [-0.2, 0) is 4.79 Å². The molecule has 0 bridgehead atoms. The van der Waals surface area contributed by atoms with Gasteiger partial charge in [-0.1, -0.05) is 30.3 Å². The summed E-state index contributed by atoms with van der Waals surface area (Å²) < 4.78 is 12.5. The Hall–Kier alpha value is -2.53.